The highest BCUT2D eigenvalue weighted by atomic mass is 16.5. The molecule has 1 heterocycles. The summed E-state index contributed by atoms with van der Waals surface area (Å²) < 4.78 is 16.4. The Morgan fingerprint density at radius 1 is 1.11 bits per heavy atom. The van der Waals surface area contributed by atoms with E-state index in [4.69, 9.17) is 14.2 Å². The lowest BCUT2D eigenvalue weighted by molar-refractivity contribution is -0.140. The Morgan fingerprint density at radius 2 is 1.86 bits per heavy atom. The lowest BCUT2D eigenvalue weighted by atomic mass is 9.93. The monoisotopic (exact) mass is 483 g/mol. The summed E-state index contributed by atoms with van der Waals surface area (Å²) in [6, 6.07) is 8.97. The third-order valence-electron chi connectivity index (χ3n) is 5.71. The third kappa shape index (κ3) is 5.59. The second kappa shape index (κ2) is 11.3. The van der Waals surface area contributed by atoms with E-state index in [1.807, 2.05) is 0 Å². The second-order valence-electron chi connectivity index (χ2n) is 8.83. The zero-order valence-corrected chi connectivity index (χ0v) is 20.8. The standard InChI is InChI=1S/C27H33NO7/c1-6-34-22-14-18(7-10-21(22)29)24-23(26(31)27(32)28(24)11-12-33-5)25(30)20-9-8-19(13-17(20)4)35-15-16(2)3/h7-10,13-14,16,24,29-30H,6,11-12,15H2,1-5H3/t24-/m0/s1. The van der Waals surface area contributed by atoms with Crippen molar-refractivity contribution in [3.63, 3.8) is 0 Å². The van der Waals surface area contributed by atoms with Gasteiger partial charge in [0.25, 0.3) is 11.7 Å². The number of Topliss-reactive ketones (excluding diaryl/α,β-unsaturated/α-hetero) is 1. The fraction of sp³-hybridized carbons (Fsp3) is 0.407. The number of rotatable bonds is 10. The van der Waals surface area contributed by atoms with E-state index in [1.54, 1.807) is 44.2 Å². The quantitative estimate of drug-likeness (QED) is 0.296. The number of aryl methyl sites for hydroxylation is 1. The number of nitrogens with zero attached hydrogens (tertiary/aromatic N) is 1. The van der Waals surface area contributed by atoms with Gasteiger partial charge in [0, 0.05) is 19.2 Å². The smallest absolute Gasteiger partial charge is 0.295 e. The number of carbonyl (C=O) groups is 2. The Kier molecular flexibility index (Phi) is 8.40. The molecule has 1 amide bonds. The van der Waals surface area contributed by atoms with Crippen molar-refractivity contribution in [1.82, 2.24) is 4.90 Å². The highest BCUT2D eigenvalue weighted by Gasteiger charge is 2.46. The van der Waals surface area contributed by atoms with Crippen molar-refractivity contribution in [2.75, 3.05) is 33.5 Å². The second-order valence-corrected chi connectivity index (χ2v) is 8.83. The molecule has 0 bridgehead atoms. The molecular formula is C27H33NO7. The summed E-state index contributed by atoms with van der Waals surface area (Å²) >= 11 is 0. The van der Waals surface area contributed by atoms with Crippen molar-refractivity contribution in [2.24, 2.45) is 5.92 Å². The summed E-state index contributed by atoms with van der Waals surface area (Å²) in [5.74, 6) is -0.596. The number of aliphatic hydroxyl groups is 1. The molecule has 1 saturated heterocycles. The van der Waals surface area contributed by atoms with E-state index in [1.165, 1.54) is 18.1 Å². The molecule has 2 aromatic carbocycles. The largest absolute Gasteiger partial charge is 0.507 e. The number of hydrogen-bond donors (Lipinski definition) is 2. The van der Waals surface area contributed by atoms with Crippen LogP contribution in [0.1, 0.15) is 43.5 Å². The van der Waals surface area contributed by atoms with E-state index < -0.39 is 17.7 Å². The number of aliphatic hydroxyl groups excluding tert-OH is 1. The summed E-state index contributed by atoms with van der Waals surface area (Å²) in [6.07, 6.45) is 0. The molecule has 0 aliphatic carbocycles. The van der Waals surface area contributed by atoms with Crippen LogP contribution >= 0.6 is 0 Å². The Bertz CT molecular complexity index is 1120. The molecule has 8 nitrogen and oxygen atoms in total. The molecule has 1 atom stereocenters. The molecule has 0 unspecified atom stereocenters. The number of hydrogen-bond acceptors (Lipinski definition) is 7. The number of phenolic OH excluding ortho intramolecular Hbond substituents is 1. The summed E-state index contributed by atoms with van der Waals surface area (Å²) in [4.78, 5) is 27.5. The molecule has 188 valence electrons. The molecule has 8 heteroatoms. The van der Waals surface area contributed by atoms with E-state index in [-0.39, 0.29) is 36.0 Å². The average Bonchev–Trinajstić information content (AvgIpc) is 3.07. The van der Waals surface area contributed by atoms with Crippen LogP contribution in [0.3, 0.4) is 0 Å². The number of carbonyl (C=O) groups excluding carboxylic acids is 2. The van der Waals surface area contributed by atoms with Crippen LogP contribution in [0.15, 0.2) is 42.0 Å². The number of amides is 1. The minimum atomic E-state index is -0.874. The molecular weight excluding hydrogens is 450 g/mol. The van der Waals surface area contributed by atoms with Crippen LogP contribution in [0, 0.1) is 12.8 Å². The molecule has 1 aliphatic rings. The minimum absolute atomic E-state index is 0.0295. The molecule has 0 saturated carbocycles. The fourth-order valence-corrected chi connectivity index (χ4v) is 4.02. The number of benzene rings is 2. The maximum atomic E-state index is 13.2. The van der Waals surface area contributed by atoms with Crippen LogP contribution in [0.4, 0.5) is 0 Å². The minimum Gasteiger partial charge on any atom is -0.507 e. The number of aromatic hydroxyl groups is 1. The van der Waals surface area contributed by atoms with Crippen molar-refractivity contribution < 1.29 is 34.0 Å². The van der Waals surface area contributed by atoms with E-state index in [2.05, 4.69) is 13.8 Å². The molecule has 1 fully saturated rings. The highest BCUT2D eigenvalue weighted by Crippen LogP contribution is 2.42. The maximum absolute atomic E-state index is 13.2. The van der Waals surface area contributed by atoms with E-state index >= 15 is 0 Å². The molecule has 1 aliphatic heterocycles. The van der Waals surface area contributed by atoms with Gasteiger partial charge in [0.2, 0.25) is 0 Å². The van der Waals surface area contributed by atoms with Crippen LogP contribution < -0.4 is 9.47 Å². The molecule has 3 rings (SSSR count). The molecule has 0 aromatic heterocycles. The maximum Gasteiger partial charge on any atom is 0.295 e. The SMILES string of the molecule is CCOc1cc([C@H]2C(=C(O)c3ccc(OCC(C)C)cc3C)C(=O)C(=O)N2CCOC)ccc1O. The highest BCUT2D eigenvalue weighted by molar-refractivity contribution is 6.46. The first-order valence-electron chi connectivity index (χ1n) is 11.7. The van der Waals surface area contributed by atoms with Crippen molar-refractivity contribution in [1.29, 1.82) is 0 Å². The van der Waals surface area contributed by atoms with Gasteiger partial charge < -0.3 is 29.3 Å². The first kappa shape index (κ1) is 26.1. The predicted molar refractivity (Wildman–Crippen MR) is 132 cm³/mol. The van der Waals surface area contributed by atoms with Gasteiger partial charge in [-0.25, -0.2) is 0 Å². The van der Waals surface area contributed by atoms with E-state index in [9.17, 15) is 19.8 Å². The van der Waals surface area contributed by atoms with Gasteiger partial charge in [-0.15, -0.1) is 0 Å². The summed E-state index contributed by atoms with van der Waals surface area (Å²) in [5.41, 5.74) is 1.63. The normalized spacial score (nSPS) is 17.3. The van der Waals surface area contributed by atoms with Crippen LogP contribution in [0.2, 0.25) is 0 Å². The van der Waals surface area contributed by atoms with Gasteiger partial charge in [0.05, 0.1) is 31.4 Å². The number of methoxy groups -OCH3 is 1. The van der Waals surface area contributed by atoms with Gasteiger partial charge in [0.1, 0.15) is 11.5 Å². The Labute approximate surface area is 205 Å². The summed E-state index contributed by atoms with van der Waals surface area (Å²) in [6.45, 7) is 8.93. The van der Waals surface area contributed by atoms with Crippen molar-refractivity contribution in [2.45, 2.75) is 33.7 Å². The molecule has 2 aromatic rings. The average molecular weight is 484 g/mol. The number of phenols is 1. The lowest BCUT2D eigenvalue weighted by Crippen LogP contribution is -2.32. The van der Waals surface area contributed by atoms with Gasteiger partial charge in [0.15, 0.2) is 11.5 Å². The predicted octanol–water partition coefficient (Wildman–Crippen LogP) is 4.20. The van der Waals surface area contributed by atoms with Gasteiger partial charge in [-0.3, -0.25) is 9.59 Å². The van der Waals surface area contributed by atoms with Crippen molar-refractivity contribution >= 4 is 17.4 Å². The Hall–Kier alpha value is -3.52. The Balaban J connectivity index is 2.12. The number of likely N-dealkylation sites (tertiary alicyclic amines) is 1. The van der Waals surface area contributed by atoms with Gasteiger partial charge in [-0.2, -0.15) is 0 Å². The van der Waals surface area contributed by atoms with E-state index in [0.29, 0.717) is 41.6 Å². The topological polar surface area (TPSA) is 106 Å². The van der Waals surface area contributed by atoms with Crippen LogP contribution in [-0.2, 0) is 14.3 Å². The summed E-state index contributed by atoms with van der Waals surface area (Å²) in [7, 11) is 1.51. The number of ketones is 1. The van der Waals surface area contributed by atoms with Crippen molar-refractivity contribution in [3.8, 4) is 17.2 Å². The van der Waals surface area contributed by atoms with Crippen LogP contribution in [0.25, 0.3) is 5.76 Å². The zero-order valence-electron chi connectivity index (χ0n) is 20.8. The van der Waals surface area contributed by atoms with Crippen LogP contribution in [-0.4, -0.2) is 60.3 Å². The van der Waals surface area contributed by atoms with Crippen LogP contribution in [0.5, 0.6) is 17.2 Å². The fourth-order valence-electron chi connectivity index (χ4n) is 4.02. The molecule has 0 spiro atoms. The van der Waals surface area contributed by atoms with Gasteiger partial charge in [-0.05, 0) is 61.2 Å². The van der Waals surface area contributed by atoms with Gasteiger partial charge >= 0.3 is 0 Å². The first-order chi connectivity index (χ1) is 16.7. The molecule has 2 N–H and O–H groups in total. The molecule has 0 radical (unpaired) electrons. The first-order valence-corrected chi connectivity index (χ1v) is 11.7. The van der Waals surface area contributed by atoms with E-state index in [0.717, 1.165) is 0 Å². The Morgan fingerprint density at radius 3 is 2.49 bits per heavy atom. The lowest BCUT2D eigenvalue weighted by Gasteiger charge is -2.25. The number of ether oxygens (including phenoxy) is 3. The third-order valence-corrected chi connectivity index (χ3v) is 5.71. The van der Waals surface area contributed by atoms with Crippen molar-refractivity contribution in [3.05, 3.63) is 58.7 Å². The molecule has 35 heavy (non-hydrogen) atoms. The summed E-state index contributed by atoms with van der Waals surface area (Å²) in [5, 5.41) is 21.5. The zero-order chi connectivity index (χ0) is 25.7. The van der Waals surface area contributed by atoms with Gasteiger partial charge in [-0.1, -0.05) is 19.9 Å².